The Morgan fingerprint density at radius 1 is 1.10 bits per heavy atom. The fraction of sp³-hybridized carbons (Fsp3) is 0.0588. The van der Waals surface area contributed by atoms with Crippen molar-refractivity contribution in [1.29, 1.82) is 0 Å². The Kier molecular flexibility index (Phi) is 3.88. The first-order chi connectivity index (χ1) is 10.2. The van der Waals surface area contributed by atoms with Gasteiger partial charge in [-0.25, -0.2) is 4.68 Å². The van der Waals surface area contributed by atoms with Gasteiger partial charge in [0.1, 0.15) is 0 Å². The maximum Gasteiger partial charge on any atom is 0.197 e. The van der Waals surface area contributed by atoms with Gasteiger partial charge in [0.25, 0.3) is 0 Å². The van der Waals surface area contributed by atoms with Crippen LogP contribution in [0.15, 0.2) is 60.9 Å². The Labute approximate surface area is 136 Å². The van der Waals surface area contributed by atoms with Crippen LogP contribution in [0.25, 0.3) is 5.69 Å². The number of ketones is 1. The van der Waals surface area contributed by atoms with E-state index in [1.54, 1.807) is 17.1 Å². The van der Waals surface area contributed by atoms with Crippen LogP contribution < -0.4 is 0 Å². The minimum Gasteiger partial charge on any atom is -0.288 e. The number of aryl methyl sites for hydroxylation is 1. The molecule has 0 saturated heterocycles. The standard InChI is InChI=1S/C17H13IN2O/c1-12-6-5-9-15(16(12)18)17(21)13-10-19-20(11-13)14-7-3-2-4-8-14/h2-11H,1H3. The van der Waals surface area contributed by atoms with Crippen molar-refractivity contribution in [3.8, 4) is 5.69 Å². The number of hydrogen-bond acceptors (Lipinski definition) is 2. The van der Waals surface area contributed by atoms with E-state index in [0.717, 1.165) is 20.4 Å². The Hall–Kier alpha value is -1.95. The molecule has 0 aliphatic heterocycles. The molecule has 0 unspecified atom stereocenters. The Bertz CT molecular complexity index is 794. The fourth-order valence-corrected chi connectivity index (χ4v) is 2.74. The van der Waals surface area contributed by atoms with Crippen LogP contribution in [0.4, 0.5) is 0 Å². The topological polar surface area (TPSA) is 34.9 Å². The highest BCUT2D eigenvalue weighted by Gasteiger charge is 2.15. The highest BCUT2D eigenvalue weighted by atomic mass is 127. The minimum absolute atomic E-state index is 0.00489. The van der Waals surface area contributed by atoms with Crippen molar-refractivity contribution < 1.29 is 4.79 Å². The summed E-state index contributed by atoms with van der Waals surface area (Å²) in [6.07, 6.45) is 3.39. The number of hydrogen-bond donors (Lipinski definition) is 0. The monoisotopic (exact) mass is 388 g/mol. The second-order valence-corrected chi connectivity index (χ2v) is 5.85. The van der Waals surface area contributed by atoms with Crippen molar-refractivity contribution in [2.45, 2.75) is 6.92 Å². The molecule has 3 aromatic rings. The number of carbonyl (C=O) groups excluding carboxylic acids is 1. The lowest BCUT2D eigenvalue weighted by Crippen LogP contribution is -2.04. The van der Waals surface area contributed by atoms with Gasteiger partial charge in [-0.1, -0.05) is 30.3 Å². The van der Waals surface area contributed by atoms with E-state index in [2.05, 4.69) is 27.7 Å². The molecule has 2 aromatic carbocycles. The summed E-state index contributed by atoms with van der Waals surface area (Å²) in [4.78, 5) is 12.6. The number of benzene rings is 2. The van der Waals surface area contributed by atoms with Gasteiger partial charge < -0.3 is 0 Å². The summed E-state index contributed by atoms with van der Waals surface area (Å²) in [7, 11) is 0. The molecule has 0 radical (unpaired) electrons. The zero-order chi connectivity index (χ0) is 14.8. The zero-order valence-electron chi connectivity index (χ0n) is 11.5. The first kappa shape index (κ1) is 14.0. The van der Waals surface area contributed by atoms with Gasteiger partial charge in [-0.2, -0.15) is 5.10 Å². The molecule has 0 bridgehead atoms. The van der Waals surface area contributed by atoms with E-state index >= 15 is 0 Å². The normalized spacial score (nSPS) is 10.6. The van der Waals surface area contributed by atoms with Crippen LogP contribution in [0.1, 0.15) is 21.5 Å². The first-order valence-electron chi connectivity index (χ1n) is 6.57. The molecule has 0 atom stereocenters. The molecular formula is C17H13IN2O. The Morgan fingerprint density at radius 3 is 2.62 bits per heavy atom. The molecule has 0 aliphatic rings. The van der Waals surface area contributed by atoms with Crippen molar-refractivity contribution in [2.24, 2.45) is 0 Å². The van der Waals surface area contributed by atoms with Gasteiger partial charge in [0, 0.05) is 15.3 Å². The first-order valence-corrected chi connectivity index (χ1v) is 7.64. The number of para-hydroxylation sites is 1. The second-order valence-electron chi connectivity index (χ2n) is 4.77. The van der Waals surface area contributed by atoms with Crippen LogP contribution in [0.5, 0.6) is 0 Å². The SMILES string of the molecule is Cc1cccc(C(=O)c2cnn(-c3ccccc3)c2)c1I. The van der Waals surface area contributed by atoms with E-state index in [1.165, 1.54) is 0 Å². The molecule has 0 aliphatic carbocycles. The van der Waals surface area contributed by atoms with Gasteiger partial charge in [0.05, 0.1) is 17.4 Å². The molecule has 0 fully saturated rings. The number of rotatable bonds is 3. The molecule has 3 rings (SSSR count). The molecule has 0 amide bonds. The highest BCUT2D eigenvalue weighted by Crippen LogP contribution is 2.20. The van der Waals surface area contributed by atoms with Crippen molar-refractivity contribution in [3.63, 3.8) is 0 Å². The van der Waals surface area contributed by atoms with Crippen molar-refractivity contribution in [2.75, 3.05) is 0 Å². The summed E-state index contributed by atoms with van der Waals surface area (Å²) in [5.41, 5.74) is 3.37. The minimum atomic E-state index is 0.00489. The van der Waals surface area contributed by atoms with Gasteiger partial charge in [-0.15, -0.1) is 0 Å². The summed E-state index contributed by atoms with van der Waals surface area (Å²) < 4.78 is 2.71. The number of aromatic nitrogens is 2. The molecule has 21 heavy (non-hydrogen) atoms. The lowest BCUT2D eigenvalue weighted by atomic mass is 10.0. The third-order valence-electron chi connectivity index (χ3n) is 3.30. The van der Waals surface area contributed by atoms with Gasteiger partial charge >= 0.3 is 0 Å². The molecular weight excluding hydrogens is 375 g/mol. The molecule has 0 saturated carbocycles. The zero-order valence-corrected chi connectivity index (χ0v) is 13.6. The summed E-state index contributed by atoms with van der Waals surface area (Å²) in [5.74, 6) is 0.00489. The van der Waals surface area contributed by atoms with E-state index < -0.39 is 0 Å². The maximum absolute atomic E-state index is 12.6. The Balaban J connectivity index is 1.97. The molecule has 3 nitrogen and oxygen atoms in total. The van der Waals surface area contributed by atoms with E-state index in [0.29, 0.717) is 5.56 Å². The van der Waals surface area contributed by atoms with Crippen LogP contribution >= 0.6 is 22.6 Å². The third-order valence-corrected chi connectivity index (χ3v) is 4.73. The van der Waals surface area contributed by atoms with Crippen LogP contribution in [-0.2, 0) is 0 Å². The number of nitrogens with zero attached hydrogens (tertiary/aromatic N) is 2. The van der Waals surface area contributed by atoms with E-state index in [4.69, 9.17) is 0 Å². The van der Waals surface area contributed by atoms with Crippen molar-refractivity contribution >= 4 is 28.4 Å². The van der Waals surface area contributed by atoms with Crippen molar-refractivity contribution in [1.82, 2.24) is 9.78 Å². The lowest BCUT2D eigenvalue weighted by Gasteiger charge is -2.04. The quantitative estimate of drug-likeness (QED) is 0.502. The maximum atomic E-state index is 12.6. The van der Waals surface area contributed by atoms with Gasteiger partial charge in [0.15, 0.2) is 5.78 Å². The van der Waals surface area contributed by atoms with E-state index in [1.807, 2.05) is 55.5 Å². The predicted molar refractivity (Wildman–Crippen MR) is 90.9 cm³/mol. The third kappa shape index (κ3) is 2.76. The second kappa shape index (κ2) is 5.81. The lowest BCUT2D eigenvalue weighted by molar-refractivity contribution is 0.103. The summed E-state index contributed by atoms with van der Waals surface area (Å²) >= 11 is 2.22. The van der Waals surface area contributed by atoms with Crippen LogP contribution in [0.2, 0.25) is 0 Å². The summed E-state index contributed by atoms with van der Waals surface area (Å²) in [5, 5.41) is 4.28. The average molecular weight is 388 g/mol. The van der Waals surface area contributed by atoms with Gasteiger partial charge in [0.2, 0.25) is 0 Å². The predicted octanol–water partition coefficient (Wildman–Crippen LogP) is 4.02. The van der Waals surface area contributed by atoms with Crippen LogP contribution in [0, 0.1) is 10.5 Å². The molecule has 4 heteroatoms. The number of halogens is 1. The molecule has 0 N–H and O–H groups in total. The smallest absolute Gasteiger partial charge is 0.197 e. The average Bonchev–Trinajstić information content (AvgIpc) is 3.00. The van der Waals surface area contributed by atoms with Crippen molar-refractivity contribution in [3.05, 3.63) is 81.2 Å². The molecule has 0 spiro atoms. The Morgan fingerprint density at radius 2 is 1.86 bits per heavy atom. The fourth-order valence-electron chi connectivity index (χ4n) is 2.14. The van der Waals surface area contributed by atoms with Crippen LogP contribution in [-0.4, -0.2) is 15.6 Å². The van der Waals surface area contributed by atoms with Gasteiger partial charge in [-0.05, 0) is 53.3 Å². The highest BCUT2D eigenvalue weighted by molar-refractivity contribution is 14.1. The van der Waals surface area contributed by atoms with Crippen LogP contribution in [0.3, 0.4) is 0 Å². The van der Waals surface area contributed by atoms with E-state index in [9.17, 15) is 4.79 Å². The van der Waals surface area contributed by atoms with E-state index in [-0.39, 0.29) is 5.78 Å². The summed E-state index contributed by atoms with van der Waals surface area (Å²) in [6, 6.07) is 15.5. The number of carbonyl (C=O) groups is 1. The molecule has 1 aromatic heterocycles. The molecule has 104 valence electrons. The largest absolute Gasteiger partial charge is 0.288 e. The van der Waals surface area contributed by atoms with Gasteiger partial charge in [-0.3, -0.25) is 4.79 Å². The molecule has 1 heterocycles. The summed E-state index contributed by atoms with van der Waals surface area (Å²) in [6.45, 7) is 2.01.